The Balaban J connectivity index is 1.80. The Bertz CT molecular complexity index is 955. The first kappa shape index (κ1) is 23.4. The van der Waals surface area contributed by atoms with Crippen LogP contribution in [0.15, 0.2) is 42.5 Å². The van der Waals surface area contributed by atoms with Crippen molar-refractivity contribution in [2.75, 3.05) is 32.2 Å². The largest absolute Gasteiger partial charge is 0.494 e. The standard InChI is InChI=1S/C22H24N2O7/c1-4-30-17-9-7-15(8-10-17)21(27)23-12-20(26)31-13-19(25)24-18-11-16(22(28)29-3)6-5-14(18)2/h5-11H,4,12-13H2,1-3H3,(H,23,27)(H,24,25). The van der Waals surface area contributed by atoms with Crippen LogP contribution in [-0.4, -0.2) is 50.6 Å². The number of hydrogen-bond acceptors (Lipinski definition) is 7. The number of amides is 2. The van der Waals surface area contributed by atoms with Crippen molar-refractivity contribution < 1.29 is 33.4 Å². The van der Waals surface area contributed by atoms with Gasteiger partial charge in [-0.15, -0.1) is 0 Å². The lowest BCUT2D eigenvalue weighted by Crippen LogP contribution is -2.32. The number of hydrogen-bond donors (Lipinski definition) is 2. The van der Waals surface area contributed by atoms with E-state index in [9.17, 15) is 19.2 Å². The fourth-order valence-electron chi connectivity index (χ4n) is 2.51. The molecule has 0 aromatic heterocycles. The van der Waals surface area contributed by atoms with Gasteiger partial charge in [-0.05, 0) is 55.8 Å². The summed E-state index contributed by atoms with van der Waals surface area (Å²) in [4.78, 5) is 47.6. The predicted molar refractivity (Wildman–Crippen MR) is 112 cm³/mol. The van der Waals surface area contributed by atoms with Gasteiger partial charge < -0.3 is 24.8 Å². The predicted octanol–water partition coefficient (Wildman–Crippen LogP) is 2.09. The molecule has 9 heteroatoms. The summed E-state index contributed by atoms with van der Waals surface area (Å²) in [5.74, 6) is -1.72. The molecule has 0 spiro atoms. The van der Waals surface area contributed by atoms with E-state index in [4.69, 9.17) is 9.47 Å². The molecule has 2 amide bonds. The zero-order valence-electron chi connectivity index (χ0n) is 17.5. The fraction of sp³-hybridized carbons (Fsp3) is 0.273. The van der Waals surface area contributed by atoms with Crippen molar-refractivity contribution in [3.8, 4) is 5.75 Å². The monoisotopic (exact) mass is 428 g/mol. The number of carbonyl (C=O) groups is 4. The van der Waals surface area contributed by atoms with Crippen molar-refractivity contribution in [3.05, 3.63) is 59.2 Å². The molecule has 2 N–H and O–H groups in total. The van der Waals surface area contributed by atoms with E-state index in [1.807, 2.05) is 6.92 Å². The number of carbonyl (C=O) groups excluding carboxylic acids is 4. The molecule has 0 saturated carbocycles. The highest BCUT2D eigenvalue weighted by Gasteiger charge is 2.13. The molecule has 0 aliphatic rings. The highest BCUT2D eigenvalue weighted by atomic mass is 16.5. The van der Waals surface area contributed by atoms with E-state index in [0.717, 1.165) is 5.56 Å². The number of benzene rings is 2. The molecule has 2 aromatic carbocycles. The summed E-state index contributed by atoms with van der Waals surface area (Å²) in [6, 6.07) is 11.1. The second-order valence-electron chi connectivity index (χ2n) is 6.37. The molecule has 0 radical (unpaired) electrons. The van der Waals surface area contributed by atoms with E-state index in [-0.39, 0.29) is 5.56 Å². The van der Waals surface area contributed by atoms with Crippen LogP contribution in [0.1, 0.15) is 33.2 Å². The zero-order chi connectivity index (χ0) is 22.8. The Labute approximate surface area is 179 Å². The zero-order valence-corrected chi connectivity index (χ0v) is 17.5. The average molecular weight is 428 g/mol. The summed E-state index contributed by atoms with van der Waals surface area (Å²) in [5, 5.41) is 4.99. The van der Waals surface area contributed by atoms with Crippen LogP contribution in [0.25, 0.3) is 0 Å². The van der Waals surface area contributed by atoms with E-state index in [0.29, 0.717) is 23.6 Å². The quantitative estimate of drug-likeness (QED) is 0.587. The number of rotatable bonds is 9. The molecular formula is C22H24N2O7. The number of aryl methyl sites for hydroxylation is 1. The van der Waals surface area contributed by atoms with Gasteiger partial charge in [-0.3, -0.25) is 14.4 Å². The number of esters is 2. The Morgan fingerprint density at radius 2 is 1.65 bits per heavy atom. The van der Waals surface area contributed by atoms with Crippen LogP contribution in [-0.2, 0) is 19.1 Å². The Kier molecular flexibility index (Phi) is 8.56. The van der Waals surface area contributed by atoms with Gasteiger partial charge in [0.15, 0.2) is 6.61 Å². The van der Waals surface area contributed by atoms with E-state index in [1.54, 1.807) is 43.3 Å². The molecule has 0 atom stereocenters. The molecule has 2 aromatic rings. The van der Waals surface area contributed by atoms with E-state index < -0.39 is 36.9 Å². The van der Waals surface area contributed by atoms with Crippen LogP contribution in [0.4, 0.5) is 5.69 Å². The van der Waals surface area contributed by atoms with Gasteiger partial charge in [-0.25, -0.2) is 4.79 Å². The average Bonchev–Trinajstić information content (AvgIpc) is 2.77. The Morgan fingerprint density at radius 1 is 0.968 bits per heavy atom. The van der Waals surface area contributed by atoms with Gasteiger partial charge in [-0.1, -0.05) is 6.07 Å². The number of methoxy groups -OCH3 is 1. The molecule has 2 rings (SSSR count). The normalized spacial score (nSPS) is 10.0. The summed E-state index contributed by atoms with van der Waals surface area (Å²) in [6.07, 6.45) is 0. The van der Waals surface area contributed by atoms with Gasteiger partial charge in [0, 0.05) is 11.3 Å². The second kappa shape index (κ2) is 11.3. The highest BCUT2D eigenvalue weighted by Crippen LogP contribution is 2.17. The molecule has 0 heterocycles. The minimum absolute atomic E-state index is 0.275. The third kappa shape index (κ3) is 7.14. The minimum Gasteiger partial charge on any atom is -0.494 e. The smallest absolute Gasteiger partial charge is 0.337 e. The summed E-state index contributed by atoms with van der Waals surface area (Å²) in [6.45, 7) is 3.18. The molecule has 0 aliphatic carbocycles. The van der Waals surface area contributed by atoms with E-state index in [1.165, 1.54) is 13.2 Å². The van der Waals surface area contributed by atoms with Crippen molar-refractivity contribution in [2.24, 2.45) is 0 Å². The first-order chi connectivity index (χ1) is 14.8. The maximum Gasteiger partial charge on any atom is 0.337 e. The number of ether oxygens (including phenoxy) is 3. The third-order valence-electron chi connectivity index (χ3n) is 4.12. The number of nitrogens with one attached hydrogen (secondary N) is 2. The van der Waals surface area contributed by atoms with Gasteiger partial charge in [0.1, 0.15) is 12.3 Å². The topological polar surface area (TPSA) is 120 Å². The molecule has 0 fully saturated rings. The van der Waals surface area contributed by atoms with Crippen molar-refractivity contribution in [3.63, 3.8) is 0 Å². The minimum atomic E-state index is -0.769. The van der Waals surface area contributed by atoms with Crippen molar-refractivity contribution in [2.45, 2.75) is 13.8 Å². The molecule has 0 unspecified atom stereocenters. The summed E-state index contributed by atoms with van der Waals surface area (Å²) < 4.78 is 14.8. The van der Waals surface area contributed by atoms with Crippen LogP contribution in [0.3, 0.4) is 0 Å². The van der Waals surface area contributed by atoms with E-state index >= 15 is 0 Å². The molecule has 0 aliphatic heterocycles. The molecular weight excluding hydrogens is 404 g/mol. The molecule has 164 valence electrons. The lowest BCUT2D eigenvalue weighted by atomic mass is 10.1. The van der Waals surface area contributed by atoms with E-state index in [2.05, 4.69) is 15.4 Å². The van der Waals surface area contributed by atoms with Gasteiger partial charge in [0.05, 0.1) is 19.3 Å². The Morgan fingerprint density at radius 3 is 2.29 bits per heavy atom. The second-order valence-corrected chi connectivity index (χ2v) is 6.37. The van der Waals surface area contributed by atoms with Gasteiger partial charge >= 0.3 is 11.9 Å². The van der Waals surface area contributed by atoms with Crippen molar-refractivity contribution in [1.82, 2.24) is 5.32 Å². The van der Waals surface area contributed by atoms with Gasteiger partial charge in [0.25, 0.3) is 11.8 Å². The third-order valence-corrected chi connectivity index (χ3v) is 4.12. The molecule has 0 bridgehead atoms. The lowest BCUT2D eigenvalue weighted by molar-refractivity contribution is -0.146. The van der Waals surface area contributed by atoms with Crippen LogP contribution in [0.5, 0.6) is 5.75 Å². The van der Waals surface area contributed by atoms with Crippen molar-refractivity contribution >= 4 is 29.4 Å². The van der Waals surface area contributed by atoms with Crippen LogP contribution < -0.4 is 15.4 Å². The van der Waals surface area contributed by atoms with Gasteiger partial charge in [0.2, 0.25) is 0 Å². The fourth-order valence-corrected chi connectivity index (χ4v) is 2.51. The van der Waals surface area contributed by atoms with Crippen LogP contribution >= 0.6 is 0 Å². The first-order valence-corrected chi connectivity index (χ1v) is 9.49. The number of anilines is 1. The summed E-state index contributed by atoms with van der Waals surface area (Å²) in [7, 11) is 1.26. The molecule has 9 nitrogen and oxygen atoms in total. The summed E-state index contributed by atoms with van der Waals surface area (Å²) >= 11 is 0. The SMILES string of the molecule is CCOc1ccc(C(=O)NCC(=O)OCC(=O)Nc2cc(C(=O)OC)ccc2C)cc1. The van der Waals surface area contributed by atoms with Crippen LogP contribution in [0, 0.1) is 6.92 Å². The first-order valence-electron chi connectivity index (χ1n) is 9.49. The molecule has 0 saturated heterocycles. The Hall–Kier alpha value is -3.88. The maximum absolute atomic E-state index is 12.1. The highest BCUT2D eigenvalue weighted by molar-refractivity contribution is 5.97. The van der Waals surface area contributed by atoms with Crippen LogP contribution in [0.2, 0.25) is 0 Å². The maximum atomic E-state index is 12.1. The summed E-state index contributed by atoms with van der Waals surface area (Å²) in [5.41, 5.74) is 1.75. The van der Waals surface area contributed by atoms with Crippen molar-refractivity contribution in [1.29, 1.82) is 0 Å². The van der Waals surface area contributed by atoms with Gasteiger partial charge in [-0.2, -0.15) is 0 Å². The molecule has 31 heavy (non-hydrogen) atoms. The lowest BCUT2D eigenvalue weighted by Gasteiger charge is -2.11.